The molecule has 2 rings (SSSR count). The highest BCUT2D eigenvalue weighted by Crippen LogP contribution is 2.40. The van der Waals surface area contributed by atoms with Gasteiger partial charge in [-0.2, -0.15) is 0 Å². The second kappa shape index (κ2) is 6.91. The van der Waals surface area contributed by atoms with E-state index in [1.807, 2.05) is 19.1 Å². The summed E-state index contributed by atoms with van der Waals surface area (Å²) in [4.78, 5) is 0. The Morgan fingerprint density at radius 2 is 2.16 bits per heavy atom. The zero-order valence-electron chi connectivity index (χ0n) is 11.4. The van der Waals surface area contributed by atoms with E-state index in [0.717, 1.165) is 36.6 Å². The van der Waals surface area contributed by atoms with Gasteiger partial charge in [-0.1, -0.05) is 0 Å². The van der Waals surface area contributed by atoms with Gasteiger partial charge in [-0.05, 0) is 24.6 Å². The van der Waals surface area contributed by atoms with Crippen LogP contribution in [-0.2, 0) is 6.54 Å². The summed E-state index contributed by atoms with van der Waals surface area (Å²) in [6.45, 7) is 4.64. The number of fused-ring (bicyclic) bond motifs is 1. The molecule has 0 radical (unpaired) electrons. The lowest BCUT2D eigenvalue weighted by molar-refractivity contribution is 0.165. The fraction of sp³-hybridized carbons (Fsp3) is 0.467. The second-order valence-corrected chi connectivity index (χ2v) is 4.18. The SMILES string of the molecule is CC#CCCNCc1cc(OC)c2c(c1)OCCO2. The Hall–Kier alpha value is -1.86. The molecule has 4 nitrogen and oxygen atoms in total. The van der Waals surface area contributed by atoms with Gasteiger partial charge in [0.15, 0.2) is 11.5 Å². The summed E-state index contributed by atoms with van der Waals surface area (Å²) in [5.74, 6) is 8.09. The van der Waals surface area contributed by atoms with Crippen LogP contribution in [-0.4, -0.2) is 26.9 Å². The van der Waals surface area contributed by atoms with Gasteiger partial charge < -0.3 is 19.5 Å². The number of nitrogens with one attached hydrogen (secondary N) is 1. The van der Waals surface area contributed by atoms with Crippen molar-refractivity contribution in [2.75, 3.05) is 26.9 Å². The molecule has 0 aliphatic carbocycles. The highest BCUT2D eigenvalue weighted by atomic mass is 16.6. The zero-order chi connectivity index (χ0) is 13.5. The average Bonchev–Trinajstić information content (AvgIpc) is 2.46. The van der Waals surface area contributed by atoms with Crippen molar-refractivity contribution < 1.29 is 14.2 Å². The van der Waals surface area contributed by atoms with Gasteiger partial charge in [0, 0.05) is 19.5 Å². The maximum atomic E-state index is 5.60. The van der Waals surface area contributed by atoms with Gasteiger partial charge in [0.05, 0.1) is 7.11 Å². The molecule has 0 saturated heterocycles. The molecule has 19 heavy (non-hydrogen) atoms. The molecule has 1 N–H and O–H groups in total. The van der Waals surface area contributed by atoms with Crippen LogP contribution < -0.4 is 19.5 Å². The molecule has 0 unspecified atom stereocenters. The Morgan fingerprint density at radius 3 is 2.95 bits per heavy atom. The Labute approximate surface area is 114 Å². The van der Waals surface area contributed by atoms with Crippen molar-refractivity contribution in [3.8, 4) is 29.1 Å². The van der Waals surface area contributed by atoms with E-state index in [1.54, 1.807) is 7.11 Å². The third-order valence-electron chi connectivity index (χ3n) is 2.82. The van der Waals surface area contributed by atoms with Crippen molar-refractivity contribution in [3.63, 3.8) is 0 Å². The summed E-state index contributed by atoms with van der Waals surface area (Å²) in [6.07, 6.45) is 0.859. The summed E-state index contributed by atoms with van der Waals surface area (Å²) in [5, 5.41) is 3.34. The van der Waals surface area contributed by atoms with E-state index in [4.69, 9.17) is 14.2 Å². The molecule has 102 valence electrons. The number of hydrogen-bond acceptors (Lipinski definition) is 4. The Morgan fingerprint density at radius 1 is 1.32 bits per heavy atom. The third-order valence-corrected chi connectivity index (χ3v) is 2.82. The van der Waals surface area contributed by atoms with Crippen molar-refractivity contribution in [2.24, 2.45) is 0 Å². The van der Waals surface area contributed by atoms with Crippen LogP contribution in [0.1, 0.15) is 18.9 Å². The van der Waals surface area contributed by atoms with Crippen molar-refractivity contribution >= 4 is 0 Å². The predicted octanol–water partition coefficient (Wildman–Crippen LogP) is 1.97. The van der Waals surface area contributed by atoms with Crippen molar-refractivity contribution in [3.05, 3.63) is 17.7 Å². The number of ether oxygens (including phenoxy) is 3. The molecule has 0 spiro atoms. The first-order chi connectivity index (χ1) is 9.35. The summed E-state index contributed by atoms with van der Waals surface area (Å²) < 4.78 is 16.5. The number of rotatable bonds is 5. The van der Waals surface area contributed by atoms with E-state index in [0.29, 0.717) is 19.0 Å². The molecule has 1 aromatic rings. The normalized spacial score (nSPS) is 12.5. The minimum atomic E-state index is 0.566. The molecular formula is C15H19NO3. The van der Waals surface area contributed by atoms with Crippen LogP contribution in [0, 0.1) is 11.8 Å². The molecule has 1 aliphatic heterocycles. The lowest BCUT2D eigenvalue weighted by atomic mass is 10.1. The van der Waals surface area contributed by atoms with Crippen LogP contribution in [0.15, 0.2) is 12.1 Å². The fourth-order valence-electron chi connectivity index (χ4n) is 1.94. The molecular weight excluding hydrogens is 242 g/mol. The smallest absolute Gasteiger partial charge is 0.203 e. The van der Waals surface area contributed by atoms with Crippen LogP contribution in [0.25, 0.3) is 0 Å². The molecule has 4 heteroatoms. The zero-order valence-corrected chi connectivity index (χ0v) is 11.4. The molecule has 0 amide bonds. The topological polar surface area (TPSA) is 39.7 Å². The summed E-state index contributed by atoms with van der Waals surface area (Å²) in [7, 11) is 1.64. The van der Waals surface area contributed by atoms with E-state index in [9.17, 15) is 0 Å². The Balaban J connectivity index is 2.02. The van der Waals surface area contributed by atoms with Gasteiger partial charge in [-0.3, -0.25) is 0 Å². The fourth-order valence-corrected chi connectivity index (χ4v) is 1.94. The minimum absolute atomic E-state index is 0.566. The van der Waals surface area contributed by atoms with E-state index in [2.05, 4.69) is 17.2 Å². The van der Waals surface area contributed by atoms with E-state index in [-0.39, 0.29) is 0 Å². The number of benzene rings is 1. The quantitative estimate of drug-likeness (QED) is 0.650. The summed E-state index contributed by atoms with van der Waals surface area (Å²) >= 11 is 0. The van der Waals surface area contributed by atoms with E-state index < -0.39 is 0 Å². The highest BCUT2D eigenvalue weighted by Gasteiger charge is 2.18. The van der Waals surface area contributed by atoms with E-state index in [1.165, 1.54) is 0 Å². The first-order valence-corrected chi connectivity index (χ1v) is 6.42. The van der Waals surface area contributed by atoms with Crippen LogP contribution in [0.5, 0.6) is 17.2 Å². The van der Waals surface area contributed by atoms with Crippen molar-refractivity contribution in [1.29, 1.82) is 0 Å². The van der Waals surface area contributed by atoms with Crippen molar-refractivity contribution in [2.45, 2.75) is 19.9 Å². The molecule has 0 bridgehead atoms. The van der Waals surface area contributed by atoms with Gasteiger partial charge >= 0.3 is 0 Å². The van der Waals surface area contributed by atoms with E-state index >= 15 is 0 Å². The predicted molar refractivity (Wildman–Crippen MR) is 73.8 cm³/mol. The molecule has 1 aromatic carbocycles. The van der Waals surface area contributed by atoms with Crippen LogP contribution in [0.4, 0.5) is 0 Å². The van der Waals surface area contributed by atoms with Gasteiger partial charge in [0.1, 0.15) is 13.2 Å². The average molecular weight is 261 g/mol. The van der Waals surface area contributed by atoms with Gasteiger partial charge in [0.25, 0.3) is 0 Å². The summed E-state index contributed by atoms with van der Waals surface area (Å²) in [5.41, 5.74) is 1.12. The Kier molecular flexibility index (Phi) is 4.93. The van der Waals surface area contributed by atoms with Crippen LogP contribution >= 0.6 is 0 Å². The summed E-state index contributed by atoms with van der Waals surface area (Å²) in [6, 6.07) is 3.97. The standard InChI is InChI=1S/C15H19NO3/c1-3-4-5-6-16-11-12-9-13(17-2)15-14(10-12)18-7-8-19-15/h9-10,16H,5-8,11H2,1-2H3. The lowest BCUT2D eigenvalue weighted by Crippen LogP contribution is -2.18. The number of methoxy groups -OCH3 is 1. The molecule has 1 aliphatic rings. The van der Waals surface area contributed by atoms with Crippen molar-refractivity contribution in [1.82, 2.24) is 5.32 Å². The third kappa shape index (κ3) is 3.55. The van der Waals surface area contributed by atoms with Crippen LogP contribution in [0.3, 0.4) is 0 Å². The lowest BCUT2D eigenvalue weighted by Gasteiger charge is -2.21. The molecule has 0 saturated carbocycles. The van der Waals surface area contributed by atoms with Crippen LogP contribution in [0.2, 0.25) is 0 Å². The van der Waals surface area contributed by atoms with Gasteiger partial charge in [-0.15, -0.1) is 11.8 Å². The molecule has 0 aromatic heterocycles. The maximum absolute atomic E-state index is 5.60. The highest BCUT2D eigenvalue weighted by molar-refractivity contribution is 5.54. The minimum Gasteiger partial charge on any atom is -0.493 e. The molecule has 1 heterocycles. The Bertz CT molecular complexity index is 471. The first kappa shape index (κ1) is 13.6. The second-order valence-electron chi connectivity index (χ2n) is 4.18. The monoisotopic (exact) mass is 261 g/mol. The maximum Gasteiger partial charge on any atom is 0.203 e. The van der Waals surface area contributed by atoms with Gasteiger partial charge in [0.2, 0.25) is 5.75 Å². The largest absolute Gasteiger partial charge is 0.493 e. The van der Waals surface area contributed by atoms with Gasteiger partial charge in [-0.25, -0.2) is 0 Å². The number of hydrogen-bond donors (Lipinski definition) is 1. The molecule has 0 atom stereocenters. The molecule has 0 fully saturated rings. The first-order valence-electron chi connectivity index (χ1n) is 6.42.